The van der Waals surface area contributed by atoms with E-state index in [0.29, 0.717) is 0 Å². The van der Waals surface area contributed by atoms with E-state index >= 15 is 0 Å². The summed E-state index contributed by atoms with van der Waals surface area (Å²) in [6.45, 7) is -1.08. The molecule has 0 bridgehead atoms. The van der Waals surface area contributed by atoms with Gasteiger partial charge in [0.1, 0.15) is 6.54 Å². The average molecular weight is 475 g/mol. The maximum atomic E-state index is 13.2. The van der Waals surface area contributed by atoms with Gasteiger partial charge >= 0.3 is 6.18 Å². The molecule has 2 aromatic heterocycles. The minimum atomic E-state index is -4.52. The molecule has 0 saturated heterocycles. The molecule has 30 heavy (non-hydrogen) atoms. The number of nitrogens with one attached hydrogen (secondary N) is 1. The first kappa shape index (κ1) is 22.5. The molecular formula is C19H17F3N2O3S3. The lowest BCUT2D eigenvalue weighted by atomic mass is 10.2. The Kier molecular flexibility index (Phi) is 6.96. The lowest BCUT2D eigenvalue weighted by molar-refractivity contribution is -0.123. The van der Waals surface area contributed by atoms with Crippen LogP contribution in [-0.4, -0.2) is 31.4 Å². The van der Waals surface area contributed by atoms with E-state index in [2.05, 4.69) is 0 Å². The van der Waals surface area contributed by atoms with E-state index in [1.165, 1.54) is 51.2 Å². The normalized spacial score (nSPS) is 12.3. The van der Waals surface area contributed by atoms with Crippen LogP contribution < -0.4 is 5.32 Å². The van der Waals surface area contributed by atoms with E-state index in [9.17, 15) is 26.4 Å². The van der Waals surface area contributed by atoms with Crippen molar-refractivity contribution in [2.45, 2.75) is 24.2 Å². The SMILES string of the molecule is O=C(NCC(F)(F)F)c1ccc(S(=O)(=O)N(Cc2cccs2)Cc2cccs2)cc1. The summed E-state index contributed by atoms with van der Waals surface area (Å²) in [4.78, 5) is 13.5. The molecule has 11 heteroatoms. The Morgan fingerprint density at radius 1 is 0.933 bits per heavy atom. The zero-order valence-corrected chi connectivity index (χ0v) is 17.9. The van der Waals surface area contributed by atoms with Gasteiger partial charge in [-0.15, -0.1) is 22.7 Å². The van der Waals surface area contributed by atoms with Crippen LogP contribution in [0.1, 0.15) is 20.1 Å². The summed E-state index contributed by atoms with van der Waals surface area (Å²) in [6, 6.07) is 12.2. The van der Waals surface area contributed by atoms with Gasteiger partial charge < -0.3 is 5.32 Å². The van der Waals surface area contributed by atoms with Crippen molar-refractivity contribution in [3.63, 3.8) is 0 Å². The van der Waals surface area contributed by atoms with Crippen LogP contribution in [0.2, 0.25) is 0 Å². The Balaban J connectivity index is 1.80. The monoisotopic (exact) mass is 474 g/mol. The molecular weight excluding hydrogens is 457 g/mol. The summed E-state index contributed by atoms with van der Waals surface area (Å²) in [5.41, 5.74) is -0.0544. The molecule has 5 nitrogen and oxygen atoms in total. The zero-order valence-electron chi connectivity index (χ0n) is 15.4. The molecule has 160 valence electrons. The first-order chi connectivity index (χ1) is 14.1. The number of hydrogen-bond acceptors (Lipinski definition) is 5. The summed E-state index contributed by atoms with van der Waals surface area (Å²) < 4.78 is 64.5. The topological polar surface area (TPSA) is 66.5 Å². The van der Waals surface area contributed by atoms with Gasteiger partial charge in [0.2, 0.25) is 10.0 Å². The molecule has 0 unspecified atom stereocenters. The van der Waals surface area contributed by atoms with Crippen LogP contribution in [0.25, 0.3) is 0 Å². The van der Waals surface area contributed by atoms with Crippen molar-refractivity contribution in [3.05, 3.63) is 74.6 Å². The molecule has 3 rings (SSSR count). The predicted molar refractivity (Wildman–Crippen MR) is 110 cm³/mol. The molecule has 0 saturated carbocycles. The summed E-state index contributed by atoms with van der Waals surface area (Å²) in [5.74, 6) is -0.926. The van der Waals surface area contributed by atoms with Crippen molar-refractivity contribution in [1.29, 1.82) is 0 Å². The summed E-state index contributed by atoms with van der Waals surface area (Å²) in [7, 11) is -3.90. The molecule has 2 heterocycles. The second-order valence-electron chi connectivity index (χ2n) is 6.25. The van der Waals surface area contributed by atoms with Crippen molar-refractivity contribution < 1.29 is 26.4 Å². The number of carbonyl (C=O) groups is 1. The predicted octanol–water partition coefficient (Wildman–Crippen LogP) is 4.49. The van der Waals surface area contributed by atoms with Crippen LogP contribution >= 0.6 is 22.7 Å². The molecule has 0 atom stereocenters. The summed E-state index contributed by atoms with van der Waals surface area (Å²) >= 11 is 2.88. The Morgan fingerprint density at radius 2 is 1.47 bits per heavy atom. The fourth-order valence-electron chi connectivity index (χ4n) is 2.59. The molecule has 1 aromatic carbocycles. The van der Waals surface area contributed by atoms with E-state index in [1.807, 2.05) is 35.0 Å². The first-order valence-electron chi connectivity index (χ1n) is 8.65. The standard InChI is InChI=1S/C19H17F3N2O3S3/c20-19(21,22)13-23-18(25)14-5-7-17(8-6-14)30(26,27)24(11-15-3-1-9-28-15)12-16-4-2-10-29-16/h1-10H,11-13H2,(H,23,25). The van der Waals surface area contributed by atoms with Crippen molar-refractivity contribution in [1.82, 2.24) is 9.62 Å². The van der Waals surface area contributed by atoms with Gasteiger partial charge in [-0.3, -0.25) is 4.79 Å². The quantitative estimate of drug-likeness (QED) is 0.523. The number of amides is 1. The second-order valence-corrected chi connectivity index (χ2v) is 10.3. The maximum Gasteiger partial charge on any atom is 0.405 e. The third-order valence-corrected chi connectivity index (χ3v) is 7.56. The van der Waals surface area contributed by atoms with Crippen molar-refractivity contribution in [2.24, 2.45) is 0 Å². The smallest absolute Gasteiger partial charge is 0.343 e. The van der Waals surface area contributed by atoms with Crippen molar-refractivity contribution in [2.75, 3.05) is 6.54 Å². The fourth-order valence-corrected chi connectivity index (χ4v) is 5.59. The number of hydrogen-bond donors (Lipinski definition) is 1. The number of thiophene rings is 2. The molecule has 0 aliphatic rings. The average Bonchev–Trinajstić information content (AvgIpc) is 3.39. The minimum absolute atomic E-state index is 0.0389. The minimum Gasteiger partial charge on any atom is -0.343 e. The molecule has 0 fully saturated rings. The lowest BCUT2D eigenvalue weighted by Crippen LogP contribution is -2.33. The highest BCUT2D eigenvalue weighted by Crippen LogP contribution is 2.24. The molecule has 1 N–H and O–H groups in total. The van der Waals surface area contributed by atoms with Crippen molar-refractivity contribution >= 4 is 38.6 Å². The first-order valence-corrected chi connectivity index (χ1v) is 11.8. The molecule has 0 aliphatic heterocycles. The van der Waals surface area contributed by atoms with E-state index in [4.69, 9.17) is 0 Å². The van der Waals surface area contributed by atoms with Crippen LogP contribution in [0.4, 0.5) is 13.2 Å². The summed E-state index contributed by atoms with van der Waals surface area (Å²) in [6.07, 6.45) is -4.52. The Morgan fingerprint density at radius 3 is 1.90 bits per heavy atom. The van der Waals surface area contributed by atoms with E-state index < -0.39 is 28.7 Å². The van der Waals surface area contributed by atoms with Gasteiger partial charge in [0.25, 0.3) is 5.91 Å². The van der Waals surface area contributed by atoms with Gasteiger partial charge in [0.15, 0.2) is 0 Å². The molecule has 0 radical (unpaired) electrons. The number of nitrogens with zero attached hydrogens (tertiary/aromatic N) is 1. The zero-order chi connectivity index (χ0) is 21.8. The maximum absolute atomic E-state index is 13.2. The van der Waals surface area contributed by atoms with Gasteiger partial charge in [-0.2, -0.15) is 17.5 Å². The number of sulfonamides is 1. The Bertz CT molecular complexity index is 1030. The van der Waals surface area contributed by atoms with E-state index in [-0.39, 0.29) is 23.5 Å². The third-order valence-electron chi connectivity index (χ3n) is 4.03. The number of rotatable bonds is 8. The fraction of sp³-hybridized carbons (Fsp3) is 0.211. The van der Waals surface area contributed by atoms with Gasteiger partial charge in [-0.1, -0.05) is 12.1 Å². The van der Waals surface area contributed by atoms with Crippen LogP contribution in [0.15, 0.2) is 64.2 Å². The number of carbonyl (C=O) groups excluding carboxylic acids is 1. The number of benzene rings is 1. The van der Waals surface area contributed by atoms with Crippen LogP contribution in [-0.2, 0) is 23.1 Å². The molecule has 3 aromatic rings. The number of alkyl halides is 3. The van der Waals surface area contributed by atoms with E-state index in [1.54, 1.807) is 5.32 Å². The van der Waals surface area contributed by atoms with Crippen LogP contribution in [0.3, 0.4) is 0 Å². The Labute approximate surface area is 179 Å². The highest BCUT2D eigenvalue weighted by molar-refractivity contribution is 7.89. The van der Waals surface area contributed by atoms with Gasteiger partial charge in [0.05, 0.1) is 4.90 Å². The summed E-state index contributed by atoms with van der Waals surface area (Å²) in [5, 5.41) is 5.48. The molecule has 1 amide bonds. The highest BCUT2D eigenvalue weighted by atomic mass is 32.2. The largest absolute Gasteiger partial charge is 0.405 e. The van der Waals surface area contributed by atoms with Crippen LogP contribution in [0, 0.1) is 0 Å². The molecule has 0 aliphatic carbocycles. The Hall–Kier alpha value is -2.21. The van der Waals surface area contributed by atoms with Crippen LogP contribution in [0.5, 0.6) is 0 Å². The van der Waals surface area contributed by atoms with Gasteiger partial charge in [0, 0.05) is 28.4 Å². The lowest BCUT2D eigenvalue weighted by Gasteiger charge is -2.21. The van der Waals surface area contributed by atoms with Gasteiger partial charge in [-0.05, 0) is 47.2 Å². The third kappa shape index (κ3) is 5.91. The highest BCUT2D eigenvalue weighted by Gasteiger charge is 2.29. The van der Waals surface area contributed by atoms with Crippen molar-refractivity contribution in [3.8, 4) is 0 Å². The number of halogens is 3. The second kappa shape index (κ2) is 9.29. The van der Waals surface area contributed by atoms with E-state index in [0.717, 1.165) is 9.75 Å². The van der Waals surface area contributed by atoms with Gasteiger partial charge in [-0.25, -0.2) is 8.42 Å². The molecule has 0 spiro atoms.